The quantitative estimate of drug-likeness (QED) is 0.583. The van der Waals surface area contributed by atoms with E-state index in [2.05, 4.69) is 31.3 Å². The normalized spacial score (nSPS) is 38.9. The van der Waals surface area contributed by atoms with Gasteiger partial charge >= 0.3 is 0 Å². The Labute approximate surface area is 116 Å². The van der Waals surface area contributed by atoms with Crippen LogP contribution in [0.15, 0.2) is 0 Å². The fraction of sp³-hybridized carbons (Fsp3) is 0.909. The summed E-state index contributed by atoms with van der Waals surface area (Å²) >= 11 is 2.31. The zero-order valence-electron chi connectivity index (χ0n) is 10.6. The van der Waals surface area contributed by atoms with Crippen molar-refractivity contribution in [1.29, 1.82) is 0 Å². The van der Waals surface area contributed by atoms with Crippen LogP contribution in [-0.2, 0) is 9.53 Å². The molecule has 1 amide bonds. The maximum absolute atomic E-state index is 12.4. The first-order chi connectivity index (χ1) is 7.88. The lowest BCUT2D eigenvalue weighted by molar-refractivity contribution is -0.170. The highest BCUT2D eigenvalue weighted by atomic mass is 127. The maximum atomic E-state index is 12.4. The first kappa shape index (κ1) is 13.5. The zero-order valence-corrected chi connectivity index (χ0v) is 12.8. The van der Waals surface area contributed by atoms with E-state index >= 15 is 0 Å². The molecule has 2 aliphatic rings. The summed E-state index contributed by atoms with van der Waals surface area (Å²) in [5, 5.41) is 3.26. The van der Waals surface area contributed by atoms with E-state index in [-0.39, 0.29) is 11.6 Å². The molecule has 0 radical (unpaired) electrons. The minimum atomic E-state index is -0.446. The van der Waals surface area contributed by atoms with Crippen molar-refractivity contribution < 1.29 is 9.53 Å². The van der Waals surface area contributed by atoms with Crippen molar-refractivity contribution >= 4 is 28.8 Å². The van der Waals surface area contributed by atoms with Crippen molar-refractivity contribution in [3.63, 3.8) is 0 Å². The smallest absolute Gasteiger partial charge is 0.242 e. The molecule has 2 rings (SSSR count). The Balaban J connectivity index is 1.93. The minimum absolute atomic E-state index is 0.205. The fourth-order valence-corrected chi connectivity index (χ4v) is 3.16. The van der Waals surface area contributed by atoms with Crippen LogP contribution in [0, 0.1) is 0 Å². The van der Waals surface area contributed by atoms with Gasteiger partial charge < -0.3 is 9.64 Å². The molecule has 5 nitrogen and oxygen atoms in total. The minimum Gasteiger partial charge on any atom is -0.364 e. The molecule has 1 N–H and O–H groups in total. The van der Waals surface area contributed by atoms with Gasteiger partial charge in [0.1, 0.15) is 11.3 Å². The average molecular weight is 353 g/mol. The standard InChI is InChI=1S/C11H20IN3O2/c1-10(8-11(2,13-10)17-3)9(16)14-4-6-15(12)7-5-14/h13H,4-8H2,1-3H3. The molecule has 0 spiro atoms. The number of rotatable bonds is 2. The number of carbonyl (C=O) groups excluding carboxylic acids is 1. The number of halogens is 1. The number of nitrogens with one attached hydrogen (secondary N) is 1. The predicted molar refractivity (Wildman–Crippen MR) is 73.7 cm³/mol. The van der Waals surface area contributed by atoms with Crippen LogP contribution in [0.1, 0.15) is 20.3 Å². The Morgan fingerprint density at radius 3 is 2.29 bits per heavy atom. The van der Waals surface area contributed by atoms with Crippen molar-refractivity contribution in [3.8, 4) is 0 Å². The molecular weight excluding hydrogens is 333 g/mol. The Bertz CT molecular complexity index is 310. The van der Waals surface area contributed by atoms with E-state index in [1.807, 2.05) is 18.7 Å². The molecule has 0 saturated carbocycles. The third kappa shape index (κ3) is 2.59. The molecule has 2 heterocycles. The number of carbonyl (C=O) groups is 1. The molecule has 0 aromatic carbocycles. The number of amides is 1. The van der Waals surface area contributed by atoms with Gasteiger partial charge in [-0.2, -0.15) is 0 Å². The average Bonchev–Trinajstić information content (AvgIpc) is 2.27. The molecular formula is C11H20IN3O2. The van der Waals surface area contributed by atoms with Gasteiger partial charge in [0.2, 0.25) is 5.91 Å². The Kier molecular flexibility index (Phi) is 3.69. The first-order valence-corrected chi connectivity index (χ1v) is 6.90. The zero-order chi connectivity index (χ0) is 12.7. The third-order valence-electron chi connectivity index (χ3n) is 3.67. The van der Waals surface area contributed by atoms with Crippen LogP contribution < -0.4 is 5.32 Å². The Morgan fingerprint density at radius 1 is 1.29 bits per heavy atom. The van der Waals surface area contributed by atoms with Crippen molar-refractivity contribution in [1.82, 2.24) is 13.3 Å². The summed E-state index contributed by atoms with van der Waals surface area (Å²) in [5.74, 6) is 0.205. The van der Waals surface area contributed by atoms with Gasteiger partial charge in [-0.3, -0.25) is 10.1 Å². The topological polar surface area (TPSA) is 44.8 Å². The highest BCUT2D eigenvalue weighted by Gasteiger charge is 2.54. The summed E-state index contributed by atoms with van der Waals surface area (Å²) in [6.07, 6.45) is 0.736. The Hall–Kier alpha value is 0.0800. The molecule has 2 unspecified atom stereocenters. The van der Waals surface area contributed by atoms with Crippen molar-refractivity contribution in [2.24, 2.45) is 0 Å². The summed E-state index contributed by atoms with van der Waals surface area (Å²) in [4.78, 5) is 14.4. The van der Waals surface area contributed by atoms with Gasteiger partial charge in [0.25, 0.3) is 0 Å². The molecule has 0 aromatic heterocycles. The SMILES string of the molecule is COC1(C)CC(C)(C(=O)N2CCN(I)CC2)N1. The van der Waals surface area contributed by atoms with E-state index in [4.69, 9.17) is 4.74 Å². The van der Waals surface area contributed by atoms with Crippen LogP contribution in [0.25, 0.3) is 0 Å². The van der Waals surface area contributed by atoms with E-state index in [0.717, 1.165) is 32.6 Å². The number of piperazine rings is 1. The van der Waals surface area contributed by atoms with Gasteiger partial charge in [0, 0.05) is 62.6 Å². The maximum Gasteiger partial charge on any atom is 0.242 e. The second kappa shape index (κ2) is 4.64. The van der Waals surface area contributed by atoms with Gasteiger partial charge in [-0.1, -0.05) is 0 Å². The molecule has 2 aliphatic heterocycles. The van der Waals surface area contributed by atoms with Gasteiger partial charge in [-0.25, -0.2) is 3.11 Å². The van der Waals surface area contributed by atoms with Crippen LogP contribution in [0.4, 0.5) is 0 Å². The van der Waals surface area contributed by atoms with Gasteiger partial charge in [0.05, 0.1) is 0 Å². The first-order valence-electron chi connectivity index (χ1n) is 5.93. The molecule has 2 atom stereocenters. The predicted octanol–water partition coefficient (Wildman–Crippen LogP) is 0.595. The summed E-state index contributed by atoms with van der Waals surface area (Å²) in [6.45, 7) is 7.48. The van der Waals surface area contributed by atoms with Crippen LogP contribution in [0.5, 0.6) is 0 Å². The van der Waals surface area contributed by atoms with Gasteiger partial charge in [0.15, 0.2) is 0 Å². The van der Waals surface area contributed by atoms with Crippen molar-refractivity contribution in [2.75, 3.05) is 33.3 Å². The number of hydrogen-bond acceptors (Lipinski definition) is 4. The Morgan fingerprint density at radius 2 is 1.82 bits per heavy atom. The molecule has 6 heteroatoms. The monoisotopic (exact) mass is 353 g/mol. The van der Waals surface area contributed by atoms with Crippen LogP contribution >= 0.6 is 22.9 Å². The van der Waals surface area contributed by atoms with Gasteiger partial charge in [-0.05, 0) is 13.8 Å². The van der Waals surface area contributed by atoms with Crippen molar-refractivity contribution in [2.45, 2.75) is 31.5 Å². The van der Waals surface area contributed by atoms with E-state index in [0.29, 0.717) is 0 Å². The number of nitrogens with zero attached hydrogens (tertiary/aromatic N) is 2. The largest absolute Gasteiger partial charge is 0.364 e. The lowest BCUT2D eigenvalue weighted by Crippen LogP contribution is -2.76. The lowest BCUT2D eigenvalue weighted by atomic mass is 9.80. The summed E-state index contributed by atoms with van der Waals surface area (Å²) in [6, 6.07) is 0. The number of ether oxygens (including phenoxy) is 1. The summed E-state index contributed by atoms with van der Waals surface area (Å²) < 4.78 is 7.55. The van der Waals surface area contributed by atoms with Crippen LogP contribution in [0.2, 0.25) is 0 Å². The highest BCUT2D eigenvalue weighted by molar-refractivity contribution is 14.1. The van der Waals surface area contributed by atoms with Crippen LogP contribution in [0.3, 0.4) is 0 Å². The van der Waals surface area contributed by atoms with E-state index < -0.39 is 5.54 Å². The molecule has 2 saturated heterocycles. The van der Waals surface area contributed by atoms with E-state index in [1.54, 1.807) is 7.11 Å². The third-order valence-corrected chi connectivity index (χ3v) is 4.63. The molecule has 0 bridgehead atoms. The molecule has 98 valence electrons. The van der Waals surface area contributed by atoms with Crippen molar-refractivity contribution in [3.05, 3.63) is 0 Å². The number of methoxy groups -OCH3 is 1. The van der Waals surface area contributed by atoms with Crippen LogP contribution in [-0.4, -0.2) is 58.5 Å². The van der Waals surface area contributed by atoms with E-state index in [9.17, 15) is 4.79 Å². The number of hydrogen-bond donors (Lipinski definition) is 1. The molecule has 0 aliphatic carbocycles. The lowest BCUT2D eigenvalue weighted by Gasteiger charge is -2.53. The molecule has 0 aromatic rings. The van der Waals surface area contributed by atoms with E-state index in [1.165, 1.54) is 0 Å². The molecule has 17 heavy (non-hydrogen) atoms. The van der Waals surface area contributed by atoms with Gasteiger partial charge in [-0.15, -0.1) is 0 Å². The second-order valence-corrected chi connectivity index (χ2v) is 6.64. The summed E-state index contributed by atoms with van der Waals surface area (Å²) in [5.41, 5.74) is -0.784. The summed E-state index contributed by atoms with van der Waals surface area (Å²) in [7, 11) is 1.67. The fourth-order valence-electron chi connectivity index (χ4n) is 2.73. The second-order valence-electron chi connectivity index (χ2n) is 5.27. The highest BCUT2D eigenvalue weighted by Crippen LogP contribution is 2.35. The molecule has 2 fully saturated rings.